The number of hydrogen-bond acceptors (Lipinski definition) is 5. The van der Waals surface area contributed by atoms with E-state index in [0.717, 1.165) is 11.1 Å². The lowest BCUT2D eigenvalue weighted by Crippen LogP contribution is -2.41. The molecular weight excluding hydrogens is 308 g/mol. The van der Waals surface area contributed by atoms with E-state index in [1.54, 1.807) is 16.9 Å². The van der Waals surface area contributed by atoms with Crippen LogP contribution in [-0.4, -0.2) is 52.6 Å². The summed E-state index contributed by atoms with van der Waals surface area (Å²) in [5.41, 5.74) is 1.98. The van der Waals surface area contributed by atoms with Gasteiger partial charge in [-0.3, -0.25) is 9.48 Å². The first-order valence-electron chi connectivity index (χ1n) is 7.94. The Morgan fingerprint density at radius 3 is 3.12 bits per heavy atom. The van der Waals surface area contributed by atoms with Gasteiger partial charge in [-0.25, -0.2) is 0 Å². The lowest BCUT2D eigenvalue weighted by Gasteiger charge is -2.12. The van der Waals surface area contributed by atoms with Crippen molar-refractivity contribution in [1.82, 2.24) is 20.4 Å². The number of β-amino-alcohol motifs (C(OH)–C–C–N with tert-alkyl or cyclic N) is 1. The van der Waals surface area contributed by atoms with Gasteiger partial charge in [0.15, 0.2) is 0 Å². The number of carbonyl (C=O) groups is 1. The Hall–Kier alpha value is -2.38. The van der Waals surface area contributed by atoms with Crippen LogP contribution in [0, 0.1) is 6.07 Å². The van der Waals surface area contributed by atoms with Crippen molar-refractivity contribution in [2.24, 2.45) is 7.05 Å². The number of aliphatic hydroxyl groups is 1. The first kappa shape index (κ1) is 16.5. The molecule has 1 aromatic carbocycles. The Balaban J connectivity index is 1.46. The second-order valence-corrected chi connectivity index (χ2v) is 5.85. The summed E-state index contributed by atoms with van der Waals surface area (Å²) in [5.74, 6) is 0.589. The summed E-state index contributed by atoms with van der Waals surface area (Å²) in [6, 6.07) is 8.29. The van der Waals surface area contributed by atoms with E-state index < -0.39 is 6.10 Å². The van der Waals surface area contributed by atoms with Crippen molar-refractivity contribution < 1.29 is 14.6 Å². The van der Waals surface area contributed by atoms with Crippen LogP contribution < -0.4 is 15.4 Å². The standard InChI is InChI=1S/C17H21N4O3/c1-21-11-13(9-20-21)12-3-2-4-15(7-12)24-6-5-18-17(23)16-8-14(22)10-19-16/h3-4,7,9,11,14,16,19,22H,5-6,8,10H2,1H3,(H,18,23). The average Bonchev–Trinajstić information content (AvgIpc) is 3.20. The van der Waals surface area contributed by atoms with E-state index in [1.807, 2.05) is 25.4 Å². The highest BCUT2D eigenvalue weighted by Crippen LogP contribution is 2.22. The summed E-state index contributed by atoms with van der Waals surface area (Å²) in [5, 5.41) is 19.3. The Labute approximate surface area is 140 Å². The number of nitrogens with zero attached hydrogens (tertiary/aromatic N) is 2. The van der Waals surface area contributed by atoms with Gasteiger partial charge in [0.25, 0.3) is 0 Å². The van der Waals surface area contributed by atoms with Crippen LogP contribution in [-0.2, 0) is 11.8 Å². The molecule has 0 saturated carbocycles. The molecule has 1 saturated heterocycles. The molecule has 7 heteroatoms. The monoisotopic (exact) mass is 329 g/mol. The van der Waals surface area contributed by atoms with E-state index in [9.17, 15) is 9.90 Å². The summed E-state index contributed by atoms with van der Waals surface area (Å²) in [6.07, 6.45) is 3.73. The number of hydrogen-bond donors (Lipinski definition) is 3. The molecule has 2 atom stereocenters. The first-order chi connectivity index (χ1) is 11.6. The normalized spacial score (nSPS) is 20.1. The van der Waals surface area contributed by atoms with Gasteiger partial charge in [0.05, 0.1) is 24.9 Å². The van der Waals surface area contributed by atoms with E-state index >= 15 is 0 Å². The fourth-order valence-electron chi connectivity index (χ4n) is 2.65. The van der Waals surface area contributed by atoms with Crippen molar-refractivity contribution in [3.63, 3.8) is 0 Å². The molecule has 3 N–H and O–H groups in total. The highest BCUT2D eigenvalue weighted by Gasteiger charge is 2.27. The third-order valence-corrected chi connectivity index (χ3v) is 3.89. The Morgan fingerprint density at radius 1 is 1.54 bits per heavy atom. The molecular formula is C17H21N4O3. The molecule has 3 rings (SSSR count). The zero-order chi connectivity index (χ0) is 16.9. The summed E-state index contributed by atoms with van der Waals surface area (Å²) < 4.78 is 7.41. The highest BCUT2D eigenvalue weighted by atomic mass is 16.5. The van der Waals surface area contributed by atoms with Gasteiger partial charge < -0.3 is 20.5 Å². The maximum Gasteiger partial charge on any atom is 0.237 e. The predicted octanol–water partition coefficient (Wildman–Crippen LogP) is 0.105. The molecule has 127 valence electrons. The molecule has 0 spiro atoms. The van der Waals surface area contributed by atoms with E-state index in [2.05, 4.69) is 21.8 Å². The SMILES string of the molecule is Cn1cc(-c2c[c]cc(OCCNC(=O)C3CC(O)CN3)c2)cn1. The van der Waals surface area contributed by atoms with Crippen molar-refractivity contribution in [1.29, 1.82) is 0 Å². The molecule has 1 radical (unpaired) electrons. The molecule has 1 aromatic heterocycles. The number of carbonyl (C=O) groups excluding carboxylic acids is 1. The summed E-state index contributed by atoms with van der Waals surface area (Å²) in [4.78, 5) is 11.9. The number of amides is 1. The van der Waals surface area contributed by atoms with Gasteiger partial charge in [-0.05, 0) is 36.2 Å². The number of aromatic nitrogens is 2. The van der Waals surface area contributed by atoms with Crippen LogP contribution in [0.2, 0.25) is 0 Å². The molecule has 0 aliphatic carbocycles. The maximum absolute atomic E-state index is 11.9. The predicted molar refractivity (Wildman–Crippen MR) is 88.4 cm³/mol. The first-order valence-corrected chi connectivity index (χ1v) is 7.94. The van der Waals surface area contributed by atoms with Crippen LogP contribution in [0.4, 0.5) is 0 Å². The topological polar surface area (TPSA) is 88.4 Å². The van der Waals surface area contributed by atoms with Crippen LogP contribution in [0.25, 0.3) is 11.1 Å². The number of benzene rings is 1. The quantitative estimate of drug-likeness (QED) is 0.655. The van der Waals surface area contributed by atoms with Crippen LogP contribution in [0.3, 0.4) is 0 Å². The molecule has 0 bridgehead atoms. The van der Waals surface area contributed by atoms with Crippen molar-refractivity contribution in [2.45, 2.75) is 18.6 Å². The Bertz CT molecular complexity index is 701. The number of aliphatic hydroxyl groups excluding tert-OH is 1. The third-order valence-electron chi connectivity index (χ3n) is 3.89. The van der Waals surface area contributed by atoms with E-state index in [0.29, 0.717) is 31.9 Å². The average molecular weight is 329 g/mol. The van der Waals surface area contributed by atoms with Gasteiger partial charge in [0.2, 0.25) is 5.91 Å². The van der Waals surface area contributed by atoms with Crippen LogP contribution in [0.15, 0.2) is 30.6 Å². The molecule has 1 aliphatic rings. The van der Waals surface area contributed by atoms with Gasteiger partial charge in [0, 0.05) is 25.4 Å². The van der Waals surface area contributed by atoms with E-state index in [1.165, 1.54) is 0 Å². The van der Waals surface area contributed by atoms with E-state index in [4.69, 9.17) is 4.74 Å². The highest BCUT2D eigenvalue weighted by molar-refractivity contribution is 5.82. The summed E-state index contributed by atoms with van der Waals surface area (Å²) in [7, 11) is 1.87. The van der Waals surface area contributed by atoms with Gasteiger partial charge in [-0.2, -0.15) is 5.10 Å². The fourth-order valence-corrected chi connectivity index (χ4v) is 2.65. The van der Waals surface area contributed by atoms with Crippen molar-refractivity contribution in [3.05, 3.63) is 36.7 Å². The minimum Gasteiger partial charge on any atom is -0.492 e. The Morgan fingerprint density at radius 2 is 2.42 bits per heavy atom. The largest absolute Gasteiger partial charge is 0.492 e. The number of nitrogens with one attached hydrogen (secondary N) is 2. The number of aryl methyl sites for hydroxylation is 1. The second kappa shape index (κ2) is 7.46. The van der Waals surface area contributed by atoms with Crippen LogP contribution in [0.5, 0.6) is 5.75 Å². The smallest absolute Gasteiger partial charge is 0.237 e. The third kappa shape index (κ3) is 4.12. The van der Waals surface area contributed by atoms with E-state index in [-0.39, 0.29) is 11.9 Å². The zero-order valence-corrected chi connectivity index (χ0v) is 13.5. The van der Waals surface area contributed by atoms with Crippen molar-refractivity contribution >= 4 is 5.91 Å². The van der Waals surface area contributed by atoms with Crippen molar-refractivity contribution in [2.75, 3.05) is 19.7 Å². The number of rotatable bonds is 6. The minimum atomic E-state index is -0.442. The van der Waals surface area contributed by atoms with Gasteiger partial charge >= 0.3 is 0 Å². The minimum absolute atomic E-state index is 0.106. The number of ether oxygens (including phenoxy) is 1. The van der Waals surface area contributed by atoms with Gasteiger partial charge in [-0.15, -0.1) is 0 Å². The molecule has 1 aliphatic heterocycles. The summed E-state index contributed by atoms with van der Waals surface area (Å²) >= 11 is 0. The maximum atomic E-state index is 11.9. The molecule has 2 heterocycles. The lowest BCUT2D eigenvalue weighted by molar-refractivity contribution is -0.123. The molecule has 1 fully saturated rings. The van der Waals surface area contributed by atoms with Crippen molar-refractivity contribution in [3.8, 4) is 16.9 Å². The Kier molecular flexibility index (Phi) is 5.12. The summed E-state index contributed by atoms with van der Waals surface area (Å²) in [6.45, 7) is 1.24. The molecule has 2 unspecified atom stereocenters. The van der Waals surface area contributed by atoms with Crippen LogP contribution in [0.1, 0.15) is 6.42 Å². The zero-order valence-electron chi connectivity index (χ0n) is 13.5. The van der Waals surface area contributed by atoms with Crippen LogP contribution >= 0.6 is 0 Å². The second-order valence-electron chi connectivity index (χ2n) is 5.85. The molecule has 2 aromatic rings. The van der Waals surface area contributed by atoms with Gasteiger partial charge in [-0.1, -0.05) is 0 Å². The molecule has 1 amide bonds. The molecule has 24 heavy (non-hydrogen) atoms. The molecule has 7 nitrogen and oxygen atoms in total. The fraction of sp³-hybridized carbons (Fsp3) is 0.412. The van der Waals surface area contributed by atoms with Gasteiger partial charge in [0.1, 0.15) is 12.4 Å². The lowest BCUT2D eigenvalue weighted by atomic mass is 10.1.